The minimum absolute atomic E-state index is 0.0924. The van der Waals surface area contributed by atoms with Gasteiger partial charge < -0.3 is 0 Å². The van der Waals surface area contributed by atoms with Crippen LogP contribution >= 0.6 is 22.9 Å². The molecule has 2 aromatic carbocycles. The molecule has 0 fully saturated rings. The third kappa shape index (κ3) is 4.16. The molecule has 0 saturated heterocycles. The number of pyridine rings is 1. The Kier molecular flexibility index (Phi) is 5.35. The van der Waals surface area contributed by atoms with Crippen molar-refractivity contribution < 1.29 is 4.79 Å². The van der Waals surface area contributed by atoms with Gasteiger partial charge in [0.15, 0.2) is 5.13 Å². The summed E-state index contributed by atoms with van der Waals surface area (Å²) in [5, 5.41) is 1.31. The number of fused-ring (bicyclic) bond motifs is 1. The summed E-state index contributed by atoms with van der Waals surface area (Å²) in [7, 11) is 0. The summed E-state index contributed by atoms with van der Waals surface area (Å²) in [5.41, 5.74) is 5.42. The third-order valence-electron chi connectivity index (χ3n) is 4.63. The summed E-state index contributed by atoms with van der Waals surface area (Å²) in [6, 6.07) is 15.4. The lowest BCUT2D eigenvalue weighted by atomic mass is 10.1. The molecule has 29 heavy (non-hydrogen) atoms. The maximum Gasteiger partial charge on any atom is 0.260 e. The number of aryl methyl sites for hydroxylation is 3. The van der Waals surface area contributed by atoms with Crippen LogP contribution in [0, 0.1) is 20.8 Å². The van der Waals surface area contributed by atoms with Gasteiger partial charge in [0.1, 0.15) is 0 Å². The molecule has 0 radical (unpaired) electrons. The van der Waals surface area contributed by atoms with Crippen LogP contribution in [0.3, 0.4) is 0 Å². The zero-order valence-corrected chi connectivity index (χ0v) is 18.0. The van der Waals surface area contributed by atoms with Gasteiger partial charge in [-0.05, 0) is 62.7 Å². The minimum atomic E-state index is -0.0924. The molecule has 0 spiro atoms. The molecule has 4 rings (SSSR count). The number of aromatic nitrogens is 2. The minimum Gasteiger partial charge on any atom is -0.278 e. The van der Waals surface area contributed by atoms with Gasteiger partial charge >= 0.3 is 0 Å². The van der Waals surface area contributed by atoms with Crippen molar-refractivity contribution in [3.63, 3.8) is 0 Å². The Labute approximate surface area is 178 Å². The van der Waals surface area contributed by atoms with Gasteiger partial charge in [-0.3, -0.25) is 14.7 Å². The third-order valence-corrected chi connectivity index (χ3v) is 5.87. The van der Waals surface area contributed by atoms with Crippen molar-refractivity contribution in [2.45, 2.75) is 27.3 Å². The maximum atomic E-state index is 13.5. The number of carbonyl (C=O) groups is 1. The van der Waals surface area contributed by atoms with Crippen LogP contribution < -0.4 is 4.90 Å². The van der Waals surface area contributed by atoms with E-state index >= 15 is 0 Å². The molecular formula is C23H20ClN3OS. The second-order valence-electron chi connectivity index (χ2n) is 7.15. The van der Waals surface area contributed by atoms with Gasteiger partial charge in [0, 0.05) is 16.8 Å². The summed E-state index contributed by atoms with van der Waals surface area (Å²) >= 11 is 7.69. The molecule has 6 heteroatoms. The first kappa shape index (κ1) is 19.6. The summed E-state index contributed by atoms with van der Waals surface area (Å²) in [5.74, 6) is -0.0924. The zero-order chi connectivity index (χ0) is 20.5. The molecule has 2 heterocycles. The standard InChI is InChI=1S/C23H20ClN3OS/c1-14-8-15(2)10-17(9-14)22(28)27(13-19-6-4-5-7-25-19)23-26-21-16(3)11-18(24)12-20(21)29-23/h4-12H,13H2,1-3H3. The molecule has 0 aliphatic rings. The normalized spacial score (nSPS) is 11.0. The van der Waals surface area contributed by atoms with Gasteiger partial charge in [0.2, 0.25) is 0 Å². The van der Waals surface area contributed by atoms with Gasteiger partial charge in [-0.25, -0.2) is 4.98 Å². The monoisotopic (exact) mass is 421 g/mol. The van der Waals surface area contributed by atoms with Crippen LogP contribution in [0.25, 0.3) is 10.2 Å². The average molecular weight is 422 g/mol. The Morgan fingerprint density at radius 2 is 1.83 bits per heavy atom. The Hall–Kier alpha value is -2.76. The van der Waals surface area contributed by atoms with Gasteiger partial charge in [-0.2, -0.15) is 0 Å². The van der Waals surface area contributed by atoms with Crippen molar-refractivity contribution in [1.82, 2.24) is 9.97 Å². The van der Waals surface area contributed by atoms with E-state index in [0.717, 1.165) is 32.6 Å². The predicted molar refractivity (Wildman–Crippen MR) is 120 cm³/mol. The molecule has 4 nitrogen and oxygen atoms in total. The summed E-state index contributed by atoms with van der Waals surface area (Å²) < 4.78 is 0.962. The van der Waals surface area contributed by atoms with Crippen molar-refractivity contribution in [1.29, 1.82) is 0 Å². The lowest BCUT2D eigenvalue weighted by molar-refractivity contribution is 0.0984. The fourth-order valence-electron chi connectivity index (χ4n) is 3.39. The molecular weight excluding hydrogens is 402 g/mol. The first-order valence-corrected chi connectivity index (χ1v) is 10.5. The van der Waals surface area contributed by atoms with E-state index in [-0.39, 0.29) is 5.91 Å². The van der Waals surface area contributed by atoms with Crippen molar-refractivity contribution in [3.05, 3.63) is 87.7 Å². The molecule has 1 amide bonds. The maximum absolute atomic E-state index is 13.5. The number of benzene rings is 2. The molecule has 0 aliphatic heterocycles. The highest BCUT2D eigenvalue weighted by Gasteiger charge is 2.23. The molecule has 0 saturated carbocycles. The average Bonchev–Trinajstić information content (AvgIpc) is 3.09. The number of halogens is 1. The number of rotatable bonds is 4. The summed E-state index contributed by atoms with van der Waals surface area (Å²) in [6.45, 7) is 6.32. The number of amides is 1. The fraction of sp³-hybridized carbons (Fsp3) is 0.174. The number of hydrogen-bond acceptors (Lipinski definition) is 4. The van der Waals surface area contributed by atoms with Crippen molar-refractivity contribution in [2.24, 2.45) is 0 Å². The largest absolute Gasteiger partial charge is 0.278 e. The summed E-state index contributed by atoms with van der Waals surface area (Å²) in [4.78, 5) is 24.4. The van der Waals surface area contributed by atoms with Crippen LogP contribution in [0.4, 0.5) is 5.13 Å². The molecule has 0 N–H and O–H groups in total. The van der Waals surface area contributed by atoms with Gasteiger partial charge in [-0.1, -0.05) is 46.2 Å². The lowest BCUT2D eigenvalue weighted by Gasteiger charge is -2.20. The van der Waals surface area contributed by atoms with Crippen LogP contribution in [0.2, 0.25) is 5.02 Å². The van der Waals surface area contributed by atoms with Crippen LogP contribution in [-0.4, -0.2) is 15.9 Å². The lowest BCUT2D eigenvalue weighted by Crippen LogP contribution is -2.30. The predicted octanol–water partition coefficient (Wildman–Crippen LogP) is 6.12. The number of anilines is 1. The second kappa shape index (κ2) is 7.93. The van der Waals surface area contributed by atoms with Crippen molar-refractivity contribution in [2.75, 3.05) is 4.90 Å². The molecule has 0 unspecified atom stereocenters. The van der Waals surface area contributed by atoms with E-state index in [9.17, 15) is 4.79 Å². The molecule has 2 aromatic heterocycles. The fourth-order valence-corrected chi connectivity index (χ4v) is 4.81. The summed E-state index contributed by atoms with van der Waals surface area (Å²) in [6.07, 6.45) is 1.73. The molecule has 146 valence electrons. The van der Waals surface area contributed by atoms with E-state index in [2.05, 4.69) is 11.1 Å². The quantitative estimate of drug-likeness (QED) is 0.399. The number of hydrogen-bond donors (Lipinski definition) is 0. The zero-order valence-electron chi connectivity index (χ0n) is 16.4. The highest BCUT2D eigenvalue weighted by atomic mass is 35.5. The highest BCUT2D eigenvalue weighted by Crippen LogP contribution is 2.34. The number of nitrogens with zero attached hydrogens (tertiary/aromatic N) is 3. The van der Waals surface area contributed by atoms with Crippen molar-refractivity contribution >= 4 is 44.2 Å². The first-order valence-electron chi connectivity index (χ1n) is 9.27. The van der Waals surface area contributed by atoms with E-state index in [0.29, 0.717) is 22.3 Å². The van der Waals surface area contributed by atoms with E-state index in [4.69, 9.17) is 16.6 Å². The van der Waals surface area contributed by atoms with Gasteiger partial charge in [0.05, 0.1) is 22.5 Å². The Morgan fingerprint density at radius 1 is 1.07 bits per heavy atom. The first-order chi connectivity index (χ1) is 13.9. The Bertz CT molecular complexity index is 1180. The topological polar surface area (TPSA) is 46.1 Å². The molecule has 0 atom stereocenters. The van der Waals surface area contributed by atoms with Gasteiger partial charge in [0.25, 0.3) is 5.91 Å². The number of carbonyl (C=O) groups excluding carboxylic acids is 1. The molecule has 0 aliphatic carbocycles. The van der Waals surface area contributed by atoms with Crippen LogP contribution in [0.15, 0.2) is 54.7 Å². The van der Waals surface area contributed by atoms with Crippen LogP contribution in [-0.2, 0) is 6.54 Å². The van der Waals surface area contributed by atoms with Gasteiger partial charge in [-0.15, -0.1) is 0 Å². The van der Waals surface area contributed by atoms with E-state index < -0.39 is 0 Å². The Morgan fingerprint density at radius 3 is 2.52 bits per heavy atom. The number of thiazole rings is 1. The molecule has 4 aromatic rings. The Balaban J connectivity index is 1.82. The van der Waals surface area contributed by atoms with E-state index in [1.54, 1.807) is 11.1 Å². The van der Waals surface area contributed by atoms with E-state index in [1.807, 2.05) is 63.2 Å². The SMILES string of the molecule is Cc1cc(C)cc(C(=O)N(Cc2ccccn2)c2nc3c(C)cc(Cl)cc3s2)c1. The van der Waals surface area contributed by atoms with Crippen LogP contribution in [0.1, 0.15) is 32.7 Å². The smallest absolute Gasteiger partial charge is 0.260 e. The van der Waals surface area contributed by atoms with Crippen molar-refractivity contribution in [3.8, 4) is 0 Å². The highest BCUT2D eigenvalue weighted by molar-refractivity contribution is 7.22. The second-order valence-corrected chi connectivity index (χ2v) is 8.60. The molecule has 0 bridgehead atoms. The van der Waals surface area contributed by atoms with Crippen LogP contribution in [0.5, 0.6) is 0 Å². The van der Waals surface area contributed by atoms with E-state index in [1.165, 1.54) is 11.3 Å².